The Morgan fingerprint density at radius 3 is 2.51 bits per heavy atom. The molecule has 0 bridgehead atoms. The summed E-state index contributed by atoms with van der Waals surface area (Å²) in [5, 5.41) is 2.88. The van der Waals surface area contributed by atoms with Gasteiger partial charge in [-0.3, -0.25) is 9.59 Å². The molecule has 1 aliphatic rings. The van der Waals surface area contributed by atoms with E-state index < -0.39 is 28.6 Å². The van der Waals surface area contributed by atoms with Crippen molar-refractivity contribution in [3.05, 3.63) is 83.9 Å². The number of carbonyl (C=O) groups excluding carboxylic acids is 2. The zero-order valence-electron chi connectivity index (χ0n) is 22.3. The van der Waals surface area contributed by atoms with Gasteiger partial charge >= 0.3 is 0 Å². The maximum absolute atomic E-state index is 13.4. The number of amides is 2. The predicted octanol–water partition coefficient (Wildman–Crippen LogP) is 3.17. The molecule has 3 aromatic rings. The Hall–Kier alpha value is -3.89. The molecule has 10 heteroatoms. The largest absolute Gasteiger partial charge is 0.494 e. The Kier molecular flexibility index (Phi) is 8.88. The first kappa shape index (κ1) is 28.1. The van der Waals surface area contributed by atoms with Gasteiger partial charge in [0.1, 0.15) is 11.5 Å². The summed E-state index contributed by atoms with van der Waals surface area (Å²) in [6.07, 6.45) is -0.276. The monoisotopic (exact) mass is 551 g/mol. The van der Waals surface area contributed by atoms with Crippen LogP contribution in [0, 0.1) is 6.92 Å². The number of rotatable bonds is 10. The highest BCUT2D eigenvalue weighted by Crippen LogP contribution is 2.33. The van der Waals surface area contributed by atoms with Crippen molar-refractivity contribution < 1.29 is 27.5 Å². The molecule has 1 aliphatic heterocycles. The number of fused-ring (bicyclic) bond motifs is 1. The van der Waals surface area contributed by atoms with Crippen LogP contribution in [-0.2, 0) is 26.0 Å². The Morgan fingerprint density at radius 2 is 1.79 bits per heavy atom. The van der Waals surface area contributed by atoms with Crippen LogP contribution in [0.1, 0.15) is 18.1 Å². The van der Waals surface area contributed by atoms with E-state index in [-0.39, 0.29) is 17.3 Å². The van der Waals surface area contributed by atoms with Crippen molar-refractivity contribution in [3.63, 3.8) is 0 Å². The standard InChI is InChI=1S/C29H33N3O6S/c1-4-37-25-15-14-23(18-21(25)2)39(35,36)31(3)20-28(33)32-19-27(38-26-13-9-8-12-24(26)32)29(34)30-17-16-22-10-6-5-7-11-22/h5-15,18,27H,4,16-17,19-20H2,1-3H3,(H,30,34)/t27-/m0/s1. The number of sulfonamides is 1. The van der Waals surface area contributed by atoms with Crippen LogP contribution in [0.25, 0.3) is 0 Å². The highest BCUT2D eigenvalue weighted by molar-refractivity contribution is 7.89. The van der Waals surface area contributed by atoms with E-state index in [4.69, 9.17) is 9.47 Å². The van der Waals surface area contributed by atoms with E-state index in [1.165, 1.54) is 24.1 Å². The maximum Gasteiger partial charge on any atom is 0.262 e. The molecular formula is C29H33N3O6S. The van der Waals surface area contributed by atoms with Gasteiger partial charge in [0, 0.05) is 13.6 Å². The second-order valence-electron chi connectivity index (χ2n) is 9.23. The van der Waals surface area contributed by atoms with Crippen molar-refractivity contribution in [3.8, 4) is 11.5 Å². The van der Waals surface area contributed by atoms with Gasteiger partial charge in [-0.1, -0.05) is 42.5 Å². The smallest absolute Gasteiger partial charge is 0.262 e. The molecule has 0 aliphatic carbocycles. The van der Waals surface area contributed by atoms with Gasteiger partial charge in [-0.05, 0) is 61.7 Å². The number of carbonyl (C=O) groups is 2. The number of nitrogens with one attached hydrogen (secondary N) is 1. The summed E-state index contributed by atoms with van der Waals surface area (Å²) in [4.78, 5) is 27.9. The maximum atomic E-state index is 13.4. The minimum atomic E-state index is -3.95. The van der Waals surface area contributed by atoms with E-state index in [1.54, 1.807) is 37.3 Å². The van der Waals surface area contributed by atoms with Crippen molar-refractivity contribution in [2.45, 2.75) is 31.3 Å². The lowest BCUT2D eigenvalue weighted by Crippen LogP contribution is -2.52. The molecule has 1 atom stereocenters. The minimum Gasteiger partial charge on any atom is -0.494 e. The Balaban J connectivity index is 1.46. The van der Waals surface area contributed by atoms with E-state index in [1.807, 2.05) is 37.3 Å². The van der Waals surface area contributed by atoms with Crippen molar-refractivity contribution in [1.82, 2.24) is 9.62 Å². The first-order chi connectivity index (χ1) is 18.7. The van der Waals surface area contributed by atoms with Crippen LogP contribution in [-0.4, -0.2) is 63.9 Å². The quantitative estimate of drug-likeness (QED) is 0.415. The predicted molar refractivity (Wildman–Crippen MR) is 149 cm³/mol. The lowest BCUT2D eigenvalue weighted by Gasteiger charge is -2.35. The SMILES string of the molecule is CCOc1ccc(S(=O)(=O)N(C)CC(=O)N2C[C@@H](C(=O)NCCc3ccccc3)Oc3ccccc32)cc1C. The van der Waals surface area contributed by atoms with Gasteiger partial charge in [-0.25, -0.2) is 8.42 Å². The molecule has 0 radical (unpaired) electrons. The Bertz CT molecular complexity index is 1430. The second-order valence-corrected chi connectivity index (χ2v) is 11.3. The number of hydrogen-bond donors (Lipinski definition) is 1. The molecule has 0 aromatic heterocycles. The van der Waals surface area contributed by atoms with Crippen LogP contribution in [0.15, 0.2) is 77.7 Å². The minimum absolute atomic E-state index is 0.0386. The highest BCUT2D eigenvalue weighted by atomic mass is 32.2. The lowest BCUT2D eigenvalue weighted by atomic mass is 10.1. The molecule has 1 N–H and O–H groups in total. The van der Waals surface area contributed by atoms with Crippen LogP contribution in [0.2, 0.25) is 0 Å². The average molecular weight is 552 g/mol. The summed E-state index contributed by atoms with van der Waals surface area (Å²) in [6, 6.07) is 21.3. The fourth-order valence-corrected chi connectivity index (χ4v) is 5.54. The number of nitrogens with zero attached hydrogens (tertiary/aromatic N) is 2. The third-order valence-electron chi connectivity index (χ3n) is 6.44. The van der Waals surface area contributed by atoms with Crippen molar-refractivity contribution in [2.24, 2.45) is 0 Å². The van der Waals surface area contributed by atoms with Gasteiger partial charge in [0.2, 0.25) is 15.9 Å². The molecule has 0 saturated carbocycles. The second kappa shape index (κ2) is 12.3. The Morgan fingerprint density at radius 1 is 1.08 bits per heavy atom. The average Bonchev–Trinajstić information content (AvgIpc) is 2.94. The molecule has 0 spiro atoms. The van der Waals surface area contributed by atoms with Crippen LogP contribution in [0.3, 0.4) is 0 Å². The fourth-order valence-electron chi connectivity index (χ4n) is 4.34. The van der Waals surface area contributed by atoms with E-state index >= 15 is 0 Å². The fraction of sp³-hybridized carbons (Fsp3) is 0.310. The third-order valence-corrected chi connectivity index (χ3v) is 8.23. The molecule has 1 heterocycles. The zero-order chi connectivity index (χ0) is 28.0. The van der Waals surface area contributed by atoms with E-state index in [2.05, 4.69) is 5.32 Å². The van der Waals surface area contributed by atoms with Crippen LogP contribution in [0.4, 0.5) is 5.69 Å². The van der Waals surface area contributed by atoms with Crippen molar-refractivity contribution in [2.75, 3.05) is 38.2 Å². The molecular weight excluding hydrogens is 518 g/mol. The lowest BCUT2D eigenvalue weighted by molar-refractivity contribution is -0.128. The van der Waals surface area contributed by atoms with Crippen LogP contribution in [0.5, 0.6) is 11.5 Å². The molecule has 0 saturated heterocycles. The van der Waals surface area contributed by atoms with E-state index in [0.29, 0.717) is 42.3 Å². The molecule has 4 rings (SSSR count). The van der Waals surface area contributed by atoms with Gasteiger partial charge in [0.05, 0.1) is 30.3 Å². The van der Waals surface area contributed by atoms with Crippen molar-refractivity contribution >= 4 is 27.5 Å². The summed E-state index contributed by atoms with van der Waals surface area (Å²) in [6.45, 7) is 4.06. The first-order valence-electron chi connectivity index (χ1n) is 12.8. The summed E-state index contributed by atoms with van der Waals surface area (Å²) in [5.41, 5.74) is 2.26. The molecule has 0 unspecified atom stereocenters. The highest BCUT2D eigenvalue weighted by Gasteiger charge is 2.35. The number of aryl methyl sites for hydroxylation is 1. The van der Waals surface area contributed by atoms with Gasteiger partial charge in [0.15, 0.2) is 6.10 Å². The number of likely N-dealkylation sites (N-methyl/N-ethyl adjacent to an activating group) is 1. The molecule has 9 nitrogen and oxygen atoms in total. The zero-order valence-corrected chi connectivity index (χ0v) is 23.1. The van der Waals surface area contributed by atoms with Crippen LogP contribution < -0.4 is 19.7 Å². The van der Waals surface area contributed by atoms with E-state index in [9.17, 15) is 18.0 Å². The topological polar surface area (TPSA) is 105 Å². The normalized spacial score (nSPS) is 14.9. The number of hydrogen-bond acceptors (Lipinski definition) is 6. The van der Waals surface area contributed by atoms with Gasteiger partial charge in [-0.2, -0.15) is 4.31 Å². The van der Waals surface area contributed by atoms with Gasteiger partial charge in [0.25, 0.3) is 5.91 Å². The van der Waals surface area contributed by atoms with Gasteiger partial charge in [-0.15, -0.1) is 0 Å². The summed E-state index contributed by atoms with van der Waals surface area (Å²) in [5.74, 6) is 0.173. The summed E-state index contributed by atoms with van der Waals surface area (Å²) < 4.78 is 38.9. The number of anilines is 1. The first-order valence-corrected chi connectivity index (χ1v) is 14.2. The number of ether oxygens (including phenoxy) is 2. The van der Waals surface area contributed by atoms with Crippen molar-refractivity contribution in [1.29, 1.82) is 0 Å². The summed E-state index contributed by atoms with van der Waals surface area (Å²) >= 11 is 0. The molecule has 3 aromatic carbocycles. The summed E-state index contributed by atoms with van der Waals surface area (Å²) in [7, 11) is -2.59. The van der Waals surface area contributed by atoms with E-state index in [0.717, 1.165) is 9.87 Å². The Labute approximate surface area is 229 Å². The van der Waals surface area contributed by atoms with Crippen LogP contribution >= 0.6 is 0 Å². The number of para-hydroxylation sites is 2. The number of benzene rings is 3. The molecule has 2 amide bonds. The molecule has 0 fully saturated rings. The molecule has 206 valence electrons. The molecule has 39 heavy (non-hydrogen) atoms. The van der Waals surface area contributed by atoms with Gasteiger partial charge < -0.3 is 19.7 Å². The third kappa shape index (κ3) is 6.58.